The molecule has 0 heterocycles. The van der Waals surface area contributed by atoms with Gasteiger partial charge in [-0.15, -0.1) is 6.58 Å². The van der Waals surface area contributed by atoms with E-state index in [0.29, 0.717) is 11.8 Å². The Labute approximate surface area is 94.6 Å². The number of hydrogen-bond donors (Lipinski definition) is 1. The molecule has 15 heavy (non-hydrogen) atoms. The highest BCUT2D eigenvalue weighted by atomic mass is 16.3. The first-order valence-corrected chi connectivity index (χ1v) is 6.39. The van der Waals surface area contributed by atoms with Crippen LogP contribution in [0.3, 0.4) is 0 Å². The van der Waals surface area contributed by atoms with E-state index in [2.05, 4.69) is 27.4 Å². The van der Waals surface area contributed by atoms with Gasteiger partial charge in [0.05, 0.1) is 5.60 Å². The molecule has 4 unspecified atom stereocenters. The van der Waals surface area contributed by atoms with Crippen LogP contribution in [-0.2, 0) is 0 Å². The van der Waals surface area contributed by atoms with Gasteiger partial charge in [-0.1, -0.05) is 39.7 Å². The van der Waals surface area contributed by atoms with Gasteiger partial charge >= 0.3 is 0 Å². The molecule has 0 spiro atoms. The van der Waals surface area contributed by atoms with Crippen molar-refractivity contribution in [2.45, 2.75) is 58.5 Å². The first-order valence-electron chi connectivity index (χ1n) is 6.39. The third-order valence-electron chi connectivity index (χ3n) is 4.17. The van der Waals surface area contributed by atoms with E-state index in [9.17, 15) is 5.11 Å². The Kier molecular flexibility index (Phi) is 4.39. The molecular formula is C14H26O. The molecule has 0 aromatic heterocycles. The van der Waals surface area contributed by atoms with Crippen LogP contribution in [0.5, 0.6) is 0 Å². The van der Waals surface area contributed by atoms with Gasteiger partial charge in [0.15, 0.2) is 0 Å². The SMILES string of the molecule is C=CC(C)C1(O)CC(C)CCC1CCC. The van der Waals surface area contributed by atoms with E-state index in [-0.39, 0.29) is 5.92 Å². The largest absolute Gasteiger partial charge is 0.389 e. The summed E-state index contributed by atoms with van der Waals surface area (Å²) < 4.78 is 0. The lowest BCUT2D eigenvalue weighted by atomic mass is 9.64. The molecule has 1 aliphatic carbocycles. The van der Waals surface area contributed by atoms with E-state index in [1.54, 1.807) is 0 Å². The Hall–Kier alpha value is -0.300. The Bertz CT molecular complexity index is 211. The van der Waals surface area contributed by atoms with Crippen molar-refractivity contribution in [2.75, 3.05) is 0 Å². The fourth-order valence-electron chi connectivity index (χ4n) is 3.07. The highest BCUT2D eigenvalue weighted by Gasteiger charge is 2.43. The standard InChI is InChI=1S/C14H26O/c1-5-7-13-9-8-11(3)10-14(13,15)12(4)6-2/h6,11-13,15H,2,5,7-10H2,1,3-4H3. The van der Waals surface area contributed by atoms with Crippen molar-refractivity contribution in [3.05, 3.63) is 12.7 Å². The molecule has 0 bridgehead atoms. The van der Waals surface area contributed by atoms with Crippen molar-refractivity contribution < 1.29 is 5.11 Å². The highest BCUT2D eigenvalue weighted by Crippen LogP contribution is 2.44. The van der Waals surface area contributed by atoms with E-state index < -0.39 is 5.60 Å². The topological polar surface area (TPSA) is 20.2 Å². The molecule has 1 fully saturated rings. The molecule has 0 aromatic carbocycles. The van der Waals surface area contributed by atoms with Crippen LogP contribution in [0.15, 0.2) is 12.7 Å². The molecule has 88 valence electrons. The highest BCUT2D eigenvalue weighted by molar-refractivity contribution is 5.00. The van der Waals surface area contributed by atoms with E-state index >= 15 is 0 Å². The molecular weight excluding hydrogens is 184 g/mol. The minimum absolute atomic E-state index is 0.219. The summed E-state index contributed by atoms with van der Waals surface area (Å²) in [5.74, 6) is 1.36. The smallest absolute Gasteiger partial charge is 0.0737 e. The zero-order valence-corrected chi connectivity index (χ0v) is 10.5. The van der Waals surface area contributed by atoms with E-state index in [4.69, 9.17) is 0 Å². The van der Waals surface area contributed by atoms with Gasteiger partial charge in [-0.25, -0.2) is 0 Å². The Morgan fingerprint density at radius 1 is 1.53 bits per heavy atom. The van der Waals surface area contributed by atoms with Crippen LogP contribution in [0.25, 0.3) is 0 Å². The second-order valence-corrected chi connectivity index (χ2v) is 5.39. The maximum absolute atomic E-state index is 10.8. The van der Waals surface area contributed by atoms with Gasteiger partial charge < -0.3 is 5.11 Å². The molecule has 1 saturated carbocycles. The monoisotopic (exact) mass is 210 g/mol. The normalized spacial score (nSPS) is 38.7. The molecule has 0 amide bonds. The number of hydrogen-bond acceptors (Lipinski definition) is 1. The molecule has 4 atom stereocenters. The Balaban J connectivity index is 2.80. The summed E-state index contributed by atoms with van der Waals surface area (Å²) in [7, 11) is 0. The van der Waals surface area contributed by atoms with Crippen LogP contribution in [0, 0.1) is 17.8 Å². The first kappa shape index (κ1) is 12.8. The van der Waals surface area contributed by atoms with E-state index in [1.807, 2.05) is 6.08 Å². The second-order valence-electron chi connectivity index (χ2n) is 5.39. The minimum atomic E-state index is -0.491. The van der Waals surface area contributed by atoms with E-state index in [1.165, 1.54) is 19.3 Å². The van der Waals surface area contributed by atoms with Crippen molar-refractivity contribution in [3.63, 3.8) is 0 Å². The average molecular weight is 210 g/mol. The van der Waals surface area contributed by atoms with Gasteiger partial charge in [0, 0.05) is 5.92 Å². The molecule has 1 aliphatic rings. The molecule has 1 rings (SSSR count). The quantitative estimate of drug-likeness (QED) is 0.700. The van der Waals surface area contributed by atoms with E-state index in [0.717, 1.165) is 12.8 Å². The van der Waals surface area contributed by atoms with Crippen molar-refractivity contribution in [1.82, 2.24) is 0 Å². The third-order valence-corrected chi connectivity index (χ3v) is 4.17. The summed E-state index contributed by atoms with van der Waals surface area (Å²) in [6.07, 6.45) is 7.65. The summed E-state index contributed by atoms with van der Waals surface area (Å²) >= 11 is 0. The molecule has 0 saturated heterocycles. The summed E-state index contributed by atoms with van der Waals surface area (Å²) in [5, 5.41) is 10.8. The van der Waals surface area contributed by atoms with Gasteiger partial charge in [0.2, 0.25) is 0 Å². The third kappa shape index (κ3) is 2.63. The van der Waals surface area contributed by atoms with Crippen molar-refractivity contribution >= 4 is 0 Å². The zero-order valence-electron chi connectivity index (χ0n) is 10.5. The van der Waals surface area contributed by atoms with Crippen molar-refractivity contribution in [3.8, 4) is 0 Å². The van der Waals surface area contributed by atoms with Crippen LogP contribution in [-0.4, -0.2) is 10.7 Å². The lowest BCUT2D eigenvalue weighted by Crippen LogP contribution is -2.47. The molecule has 1 N–H and O–H groups in total. The Morgan fingerprint density at radius 3 is 2.73 bits per heavy atom. The molecule has 1 heteroatoms. The first-order chi connectivity index (χ1) is 7.04. The Morgan fingerprint density at radius 2 is 2.20 bits per heavy atom. The number of aliphatic hydroxyl groups is 1. The van der Waals surface area contributed by atoms with Crippen LogP contribution < -0.4 is 0 Å². The van der Waals surface area contributed by atoms with Crippen molar-refractivity contribution in [2.24, 2.45) is 17.8 Å². The van der Waals surface area contributed by atoms with Gasteiger partial charge in [0.1, 0.15) is 0 Å². The molecule has 1 nitrogen and oxygen atoms in total. The van der Waals surface area contributed by atoms with Gasteiger partial charge in [-0.3, -0.25) is 0 Å². The lowest BCUT2D eigenvalue weighted by Gasteiger charge is -2.45. The molecule has 0 aromatic rings. The summed E-state index contributed by atoms with van der Waals surface area (Å²) in [4.78, 5) is 0. The predicted molar refractivity (Wildman–Crippen MR) is 65.7 cm³/mol. The molecule has 0 aliphatic heterocycles. The van der Waals surface area contributed by atoms with Crippen LogP contribution in [0.2, 0.25) is 0 Å². The predicted octanol–water partition coefficient (Wildman–Crippen LogP) is 3.78. The van der Waals surface area contributed by atoms with Crippen LogP contribution in [0.1, 0.15) is 52.9 Å². The van der Waals surface area contributed by atoms with Crippen LogP contribution in [0.4, 0.5) is 0 Å². The maximum Gasteiger partial charge on any atom is 0.0737 e. The average Bonchev–Trinajstić information content (AvgIpc) is 2.21. The maximum atomic E-state index is 10.8. The fraction of sp³-hybridized carbons (Fsp3) is 0.857. The van der Waals surface area contributed by atoms with Gasteiger partial charge in [-0.05, 0) is 31.1 Å². The van der Waals surface area contributed by atoms with Crippen molar-refractivity contribution in [1.29, 1.82) is 0 Å². The lowest BCUT2D eigenvalue weighted by molar-refractivity contribution is -0.0926. The minimum Gasteiger partial charge on any atom is -0.389 e. The summed E-state index contributed by atoms with van der Waals surface area (Å²) in [6, 6.07) is 0. The summed E-state index contributed by atoms with van der Waals surface area (Å²) in [6.45, 7) is 10.4. The van der Waals surface area contributed by atoms with Gasteiger partial charge in [0.25, 0.3) is 0 Å². The molecule has 0 radical (unpaired) electrons. The van der Waals surface area contributed by atoms with Crippen LogP contribution >= 0.6 is 0 Å². The number of rotatable bonds is 4. The second kappa shape index (κ2) is 5.16. The zero-order chi connectivity index (χ0) is 11.5. The summed E-state index contributed by atoms with van der Waals surface area (Å²) in [5.41, 5.74) is -0.491. The van der Waals surface area contributed by atoms with Gasteiger partial charge in [-0.2, -0.15) is 0 Å². The fourth-order valence-corrected chi connectivity index (χ4v) is 3.07.